The molecule has 8 nitrogen and oxygen atoms in total. The van der Waals surface area contributed by atoms with Gasteiger partial charge in [-0.1, -0.05) is 12.1 Å². The molecule has 1 amide bonds. The molecule has 0 aromatic heterocycles. The lowest BCUT2D eigenvalue weighted by molar-refractivity contribution is -0.384. The molecule has 0 radical (unpaired) electrons. The molecule has 1 aliphatic rings. The molecular weight excluding hydrogens is 298 g/mol. The zero-order chi connectivity index (χ0) is 15.8. The van der Waals surface area contributed by atoms with Gasteiger partial charge in [-0.15, -0.1) is 0 Å². The number of rotatable bonds is 4. The van der Waals surface area contributed by atoms with Gasteiger partial charge >= 0.3 is 10.2 Å². The molecule has 0 bridgehead atoms. The summed E-state index contributed by atoms with van der Waals surface area (Å²) in [4.78, 5) is 22.0. The molecular formula is C12H15N3O5S. The SMILES string of the molecule is CC1(C)NS(=O)(=O)N(CCc2ccc([N+](=O)[O-])cc2)C1=O. The van der Waals surface area contributed by atoms with Gasteiger partial charge in [0.1, 0.15) is 5.54 Å². The Hall–Kier alpha value is -2.00. The number of nitro benzene ring substituents is 1. The summed E-state index contributed by atoms with van der Waals surface area (Å²) in [6.07, 6.45) is 0.292. The highest BCUT2D eigenvalue weighted by molar-refractivity contribution is 7.88. The van der Waals surface area contributed by atoms with Gasteiger partial charge in [0.05, 0.1) is 4.92 Å². The third-order valence-electron chi connectivity index (χ3n) is 3.19. The summed E-state index contributed by atoms with van der Waals surface area (Å²) in [5.41, 5.74) is -0.464. The van der Waals surface area contributed by atoms with E-state index >= 15 is 0 Å². The standard InChI is InChI=1S/C12H15N3O5S/c1-12(2)11(16)14(21(19,20)13-12)8-7-9-3-5-10(6-4-9)15(17)18/h3-6,13H,7-8H2,1-2H3. The van der Waals surface area contributed by atoms with E-state index in [0.29, 0.717) is 12.0 Å². The Kier molecular flexibility index (Phi) is 3.72. The van der Waals surface area contributed by atoms with Crippen molar-refractivity contribution in [2.24, 2.45) is 0 Å². The van der Waals surface area contributed by atoms with Crippen LogP contribution in [0, 0.1) is 10.1 Å². The molecule has 0 unspecified atom stereocenters. The fourth-order valence-electron chi connectivity index (χ4n) is 2.08. The van der Waals surface area contributed by atoms with E-state index in [9.17, 15) is 23.3 Å². The van der Waals surface area contributed by atoms with Crippen LogP contribution in [0.25, 0.3) is 0 Å². The Bertz CT molecular complexity index is 681. The van der Waals surface area contributed by atoms with Crippen LogP contribution in [0.2, 0.25) is 0 Å². The quantitative estimate of drug-likeness (QED) is 0.646. The van der Waals surface area contributed by atoms with E-state index in [2.05, 4.69) is 4.72 Å². The second-order valence-corrected chi connectivity index (χ2v) is 6.88. The fourth-order valence-corrected chi connectivity index (χ4v) is 3.70. The van der Waals surface area contributed by atoms with Crippen LogP contribution in [0.15, 0.2) is 24.3 Å². The number of carbonyl (C=O) groups excluding carboxylic acids is 1. The van der Waals surface area contributed by atoms with E-state index in [1.54, 1.807) is 12.1 Å². The average Bonchev–Trinajstić information content (AvgIpc) is 2.52. The Labute approximate surface area is 122 Å². The van der Waals surface area contributed by atoms with Crippen LogP contribution in [0.1, 0.15) is 19.4 Å². The largest absolute Gasteiger partial charge is 0.304 e. The van der Waals surface area contributed by atoms with Crippen molar-refractivity contribution in [3.63, 3.8) is 0 Å². The average molecular weight is 313 g/mol. The third kappa shape index (κ3) is 3.03. The van der Waals surface area contributed by atoms with Gasteiger partial charge in [0.2, 0.25) is 0 Å². The molecule has 2 rings (SSSR count). The first-order valence-electron chi connectivity index (χ1n) is 6.23. The zero-order valence-electron chi connectivity index (χ0n) is 11.6. The molecule has 21 heavy (non-hydrogen) atoms. The number of carbonyl (C=O) groups is 1. The summed E-state index contributed by atoms with van der Waals surface area (Å²) in [6.45, 7) is 2.99. The van der Waals surface area contributed by atoms with Crippen molar-refractivity contribution in [3.8, 4) is 0 Å². The molecule has 114 valence electrons. The maximum atomic E-state index is 12.0. The minimum absolute atomic E-state index is 0.00456. The molecule has 1 heterocycles. The van der Waals surface area contributed by atoms with Gasteiger partial charge in [-0.3, -0.25) is 14.9 Å². The lowest BCUT2D eigenvalue weighted by Crippen LogP contribution is -2.40. The Morgan fingerprint density at radius 1 is 1.29 bits per heavy atom. The molecule has 1 fully saturated rings. The van der Waals surface area contributed by atoms with Crippen LogP contribution in [-0.4, -0.2) is 35.6 Å². The maximum absolute atomic E-state index is 12.0. The van der Waals surface area contributed by atoms with Gasteiger partial charge < -0.3 is 0 Å². The van der Waals surface area contributed by atoms with Gasteiger partial charge in [0.15, 0.2) is 0 Å². The van der Waals surface area contributed by atoms with Gasteiger partial charge in [0, 0.05) is 18.7 Å². The highest BCUT2D eigenvalue weighted by Crippen LogP contribution is 2.21. The van der Waals surface area contributed by atoms with E-state index in [4.69, 9.17) is 0 Å². The second kappa shape index (κ2) is 5.08. The minimum Gasteiger partial charge on any atom is -0.272 e. The first-order chi connectivity index (χ1) is 9.63. The summed E-state index contributed by atoms with van der Waals surface area (Å²) >= 11 is 0. The summed E-state index contributed by atoms with van der Waals surface area (Å²) in [7, 11) is -3.81. The van der Waals surface area contributed by atoms with Gasteiger partial charge in [0.25, 0.3) is 11.6 Å². The van der Waals surface area contributed by atoms with E-state index in [-0.39, 0.29) is 12.2 Å². The number of non-ortho nitro benzene ring substituents is 1. The van der Waals surface area contributed by atoms with Gasteiger partial charge in [-0.05, 0) is 25.8 Å². The molecule has 0 spiro atoms. The number of nitrogens with one attached hydrogen (secondary N) is 1. The van der Waals surface area contributed by atoms with Crippen molar-refractivity contribution in [3.05, 3.63) is 39.9 Å². The molecule has 0 atom stereocenters. The maximum Gasteiger partial charge on any atom is 0.304 e. The number of nitrogens with zero attached hydrogens (tertiary/aromatic N) is 2. The van der Waals surface area contributed by atoms with Crippen molar-refractivity contribution in [1.29, 1.82) is 0 Å². The fraction of sp³-hybridized carbons (Fsp3) is 0.417. The van der Waals surface area contributed by atoms with Gasteiger partial charge in [-0.25, -0.2) is 4.31 Å². The van der Waals surface area contributed by atoms with Crippen molar-refractivity contribution in [2.45, 2.75) is 25.8 Å². The molecule has 1 saturated heterocycles. The van der Waals surface area contributed by atoms with Crippen molar-refractivity contribution < 1.29 is 18.1 Å². The van der Waals surface area contributed by atoms with E-state index in [0.717, 1.165) is 4.31 Å². The lowest BCUT2D eigenvalue weighted by atomic mass is 10.1. The molecule has 1 aliphatic heterocycles. The first kappa shape index (κ1) is 15.4. The van der Waals surface area contributed by atoms with E-state index in [1.807, 2.05) is 0 Å². The Morgan fingerprint density at radius 2 is 1.86 bits per heavy atom. The Morgan fingerprint density at radius 3 is 2.29 bits per heavy atom. The van der Waals surface area contributed by atoms with Crippen LogP contribution in [-0.2, 0) is 21.4 Å². The minimum atomic E-state index is -3.81. The number of benzene rings is 1. The first-order valence-corrected chi connectivity index (χ1v) is 7.67. The monoisotopic (exact) mass is 313 g/mol. The second-order valence-electron chi connectivity index (χ2n) is 5.28. The number of nitro groups is 1. The van der Waals surface area contributed by atoms with Crippen LogP contribution in [0.3, 0.4) is 0 Å². The van der Waals surface area contributed by atoms with Crippen LogP contribution >= 0.6 is 0 Å². The topological polar surface area (TPSA) is 110 Å². The predicted octanol–water partition coefficient (Wildman–Crippen LogP) is 0.592. The third-order valence-corrected chi connectivity index (χ3v) is 4.88. The number of amides is 1. The molecule has 1 aromatic rings. The zero-order valence-corrected chi connectivity index (χ0v) is 12.4. The predicted molar refractivity (Wildman–Crippen MR) is 74.6 cm³/mol. The summed E-state index contributed by atoms with van der Waals surface area (Å²) in [5, 5.41) is 10.5. The number of hydrogen-bond donors (Lipinski definition) is 1. The number of hydrogen-bond acceptors (Lipinski definition) is 5. The smallest absolute Gasteiger partial charge is 0.272 e. The van der Waals surface area contributed by atoms with Crippen molar-refractivity contribution in [1.82, 2.24) is 9.03 Å². The van der Waals surface area contributed by atoms with Crippen LogP contribution < -0.4 is 4.72 Å². The van der Waals surface area contributed by atoms with Crippen LogP contribution in [0.4, 0.5) is 5.69 Å². The van der Waals surface area contributed by atoms with Crippen molar-refractivity contribution in [2.75, 3.05) is 6.54 Å². The van der Waals surface area contributed by atoms with E-state index in [1.165, 1.54) is 26.0 Å². The van der Waals surface area contributed by atoms with Crippen LogP contribution in [0.5, 0.6) is 0 Å². The van der Waals surface area contributed by atoms with Crippen molar-refractivity contribution >= 4 is 21.8 Å². The normalized spacial score (nSPS) is 19.7. The molecule has 0 aliphatic carbocycles. The molecule has 1 aromatic carbocycles. The molecule has 1 N–H and O–H groups in total. The molecule has 9 heteroatoms. The summed E-state index contributed by atoms with van der Waals surface area (Å²) in [5.74, 6) is -0.510. The Balaban J connectivity index is 2.09. The highest BCUT2D eigenvalue weighted by Gasteiger charge is 2.48. The van der Waals surface area contributed by atoms with Gasteiger partial charge in [-0.2, -0.15) is 13.1 Å². The lowest BCUT2D eigenvalue weighted by Gasteiger charge is -2.15. The van der Waals surface area contributed by atoms with E-state index < -0.39 is 26.6 Å². The summed E-state index contributed by atoms with van der Waals surface area (Å²) in [6, 6.07) is 5.78. The molecule has 0 saturated carbocycles. The highest BCUT2D eigenvalue weighted by atomic mass is 32.2. The summed E-state index contributed by atoms with van der Waals surface area (Å²) < 4.78 is 26.8.